The molecule has 0 saturated heterocycles. The van der Waals surface area contributed by atoms with Gasteiger partial charge in [0, 0.05) is 10.0 Å². The summed E-state index contributed by atoms with van der Waals surface area (Å²) in [5, 5.41) is 0.413. The number of carbonyl (C=O) groups is 1. The summed E-state index contributed by atoms with van der Waals surface area (Å²) in [7, 11) is 1.55. The maximum Gasteiger partial charge on any atom is 0.198 e. The van der Waals surface area contributed by atoms with E-state index in [1.54, 1.807) is 37.4 Å². The van der Waals surface area contributed by atoms with E-state index in [1.807, 2.05) is 13.0 Å². The SMILES string of the molecule is COc1ccc(C)cc1C(=O)c1cccc(Br)c1Cl. The van der Waals surface area contributed by atoms with E-state index in [1.165, 1.54) is 0 Å². The molecule has 0 bridgehead atoms. The first kappa shape index (κ1) is 14.1. The molecule has 0 unspecified atom stereocenters. The van der Waals surface area contributed by atoms with Gasteiger partial charge in [0.2, 0.25) is 0 Å². The van der Waals surface area contributed by atoms with Crippen molar-refractivity contribution >= 4 is 33.3 Å². The minimum absolute atomic E-state index is 0.146. The number of halogens is 2. The molecule has 0 spiro atoms. The van der Waals surface area contributed by atoms with Gasteiger partial charge in [0.15, 0.2) is 5.78 Å². The van der Waals surface area contributed by atoms with E-state index in [4.69, 9.17) is 16.3 Å². The average Bonchev–Trinajstić information content (AvgIpc) is 2.41. The summed E-state index contributed by atoms with van der Waals surface area (Å²) in [6.45, 7) is 1.93. The van der Waals surface area contributed by atoms with Crippen molar-refractivity contribution in [3.05, 3.63) is 62.6 Å². The molecule has 0 saturated carbocycles. The van der Waals surface area contributed by atoms with Gasteiger partial charge in [-0.3, -0.25) is 4.79 Å². The van der Waals surface area contributed by atoms with Crippen LogP contribution in [-0.2, 0) is 0 Å². The lowest BCUT2D eigenvalue weighted by Crippen LogP contribution is -2.05. The molecule has 0 aromatic heterocycles. The fourth-order valence-electron chi connectivity index (χ4n) is 1.82. The highest BCUT2D eigenvalue weighted by Gasteiger charge is 2.18. The molecule has 98 valence electrons. The summed E-state index contributed by atoms with van der Waals surface area (Å²) in [6.07, 6.45) is 0. The Hall–Kier alpha value is -1.32. The van der Waals surface area contributed by atoms with E-state index >= 15 is 0 Å². The van der Waals surface area contributed by atoms with Crippen LogP contribution in [0.2, 0.25) is 5.02 Å². The molecular formula is C15H12BrClO2. The lowest BCUT2D eigenvalue weighted by molar-refractivity contribution is 0.103. The number of rotatable bonds is 3. The van der Waals surface area contributed by atoms with Gasteiger partial charge in [-0.1, -0.05) is 29.3 Å². The van der Waals surface area contributed by atoms with Crippen LogP contribution in [0.5, 0.6) is 5.75 Å². The maximum absolute atomic E-state index is 12.6. The smallest absolute Gasteiger partial charge is 0.198 e. The third-order valence-corrected chi connectivity index (χ3v) is 4.09. The zero-order valence-electron chi connectivity index (χ0n) is 10.5. The van der Waals surface area contributed by atoms with Crippen LogP contribution in [0, 0.1) is 6.92 Å². The highest BCUT2D eigenvalue weighted by atomic mass is 79.9. The van der Waals surface area contributed by atoms with E-state index in [0.29, 0.717) is 26.4 Å². The van der Waals surface area contributed by atoms with Crippen molar-refractivity contribution in [2.24, 2.45) is 0 Å². The Morgan fingerprint density at radius 3 is 2.63 bits per heavy atom. The Bertz CT molecular complexity index is 638. The fourth-order valence-corrected chi connectivity index (χ4v) is 2.40. The first-order valence-corrected chi connectivity index (χ1v) is 6.85. The normalized spacial score (nSPS) is 10.3. The Morgan fingerprint density at radius 1 is 1.21 bits per heavy atom. The van der Waals surface area contributed by atoms with E-state index in [0.717, 1.165) is 5.56 Å². The van der Waals surface area contributed by atoms with Crippen molar-refractivity contribution in [1.82, 2.24) is 0 Å². The number of methoxy groups -OCH3 is 1. The second-order valence-electron chi connectivity index (χ2n) is 4.13. The molecule has 2 nitrogen and oxygen atoms in total. The molecule has 2 aromatic rings. The first-order valence-electron chi connectivity index (χ1n) is 5.68. The Morgan fingerprint density at radius 2 is 1.95 bits per heavy atom. The maximum atomic E-state index is 12.6. The number of aryl methyl sites for hydroxylation is 1. The fraction of sp³-hybridized carbons (Fsp3) is 0.133. The van der Waals surface area contributed by atoms with Gasteiger partial charge in [-0.25, -0.2) is 0 Å². The lowest BCUT2D eigenvalue weighted by Gasteiger charge is -2.10. The number of hydrogen-bond donors (Lipinski definition) is 0. The molecule has 0 aliphatic rings. The third-order valence-electron chi connectivity index (χ3n) is 2.80. The Labute approximate surface area is 125 Å². The van der Waals surface area contributed by atoms with E-state index in [-0.39, 0.29) is 5.78 Å². The van der Waals surface area contributed by atoms with E-state index < -0.39 is 0 Å². The Kier molecular flexibility index (Phi) is 4.27. The molecule has 4 heteroatoms. The van der Waals surface area contributed by atoms with Crippen LogP contribution in [0.4, 0.5) is 0 Å². The number of benzene rings is 2. The van der Waals surface area contributed by atoms with Crippen molar-refractivity contribution in [3.8, 4) is 5.75 Å². The minimum Gasteiger partial charge on any atom is -0.496 e. The second kappa shape index (κ2) is 5.76. The number of ketones is 1. The third kappa shape index (κ3) is 2.82. The lowest BCUT2D eigenvalue weighted by atomic mass is 10.0. The summed E-state index contributed by atoms with van der Waals surface area (Å²) in [5.41, 5.74) is 1.97. The van der Waals surface area contributed by atoms with Crippen LogP contribution in [0.1, 0.15) is 21.5 Å². The quantitative estimate of drug-likeness (QED) is 0.761. The summed E-state index contributed by atoms with van der Waals surface area (Å²) in [5.74, 6) is 0.401. The van der Waals surface area contributed by atoms with Crippen LogP contribution >= 0.6 is 27.5 Å². The van der Waals surface area contributed by atoms with Crippen LogP contribution in [0.25, 0.3) is 0 Å². The zero-order valence-corrected chi connectivity index (χ0v) is 12.9. The van der Waals surface area contributed by atoms with Crippen LogP contribution in [-0.4, -0.2) is 12.9 Å². The van der Waals surface area contributed by atoms with Crippen molar-refractivity contribution in [2.75, 3.05) is 7.11 Å². The van der Waals surface area contributed by atoms with Crippen molar-refractivity contribution in [3.63, 3.8) is 0 Å². The summed E-state index contributed by atoms with van der Waals surface area (Å²) < 4.78 is 5.94. The van der Waals surface area contributed by atoms with Crippen LogP contribution in [0.3, 0.4) is 0 Å². The van der Waals surface area contributed by atoms with Gasteiger partial charge in [-0.15, -0.1) is 0 Å². The summed E-state index contributed by atoms with van der Waals surface area (Å²) in [4.78, 5) is 12.6. The monoisotopic (exact) mass is 338 g/mol. The highest BCUT2D eigenvalue weighted by Crippen LogP contribution is 2.30. The molecular weight excluding hydrogens is 328 g/mol. The highest BCUT2D eigenvalue weighted by molar-refractivity contribution is 9.10. The topological polar surface area (TPSA) is 26.3 Å². The molecule has 0 amide bonds. The van der Waals surface area contributed by atoms with Gasteiger partial charge < -0.3 is 4.74 Å². The van der Waals surface area contributed by atoms with Crippen LogP contribution in [0.15, 0.2) is 40.9 Å². The van der Waals surface area contributed by atoms with Gasteiger partial charge in [-0.05, 0) is 47.1 Å². The van der Waals surface area contributed by atoms with Gasteiger partial charge in [0.25, 0.3) is 0 Å². The Balaban J connectivity index is 2.56. The van der Waals surface area contributed by atoms with Gasteiger partial charge in [-0.2, -0.15) is 0 Å². The number of carbonyl (C=O) groups excluding carboxylic acids is 1. The first-order chi connectivity index (χ1) is 9.04. The molecule has 0 radical (unpaired) electrons. The van der Waals surface area contributed by atoms with E-state index in [2.05, 4.69) is 15.9 Å². The molecule has 0 N–H and O–H groups in total. The molecule has 0 aliphatic carbocycles. The molecule has 0 atom stereocenters. The summed E-state index contributed by atoms with van der Waals surface area (Å²) in [6, 6.07) is 10.8. The number of hydrogen-bond acceptors (Lipinski definition) is 2. The van der Waals surface area contributed by atoms with E-state index in [9.17, 15) is 4.79 Å². The van der Waals surface area contributed by atoms with Gasteiger partial charge in [0.1, 0.15) is 5.75 Å². The van der Waals surface area contributed by atoms with Gasteiger partial charge >= 0.3 is 0 Å². The van der Waals surface area contributed by atoms with Crippen molar-refractivity contribution in [2.45, 2.75) is 6.92 Å². The number of ether oxygens (including phenoxy) is 1. The van der Waals surface area contributed by atoms with Crippen molar-refractivity contribution in [1.29, 1.82) is 0 Å². The largest absolute Gasteiger partial charge is 0.496 e. The molecule has 19 heavy (non-hydrogen) atoms. The van der Waals surface area contributed by atoms with Crippen LogP contribution < -0.4 is 4.74 Å². The molecule has 2 rings (SSSR count). The molecule has 2 aromatic carbocycles. The molecule has 0 aliphatic heterocycles. The predicted molar refractivity (Wildman–Crippen MR) is 80.3 cm³/mol. The van der Waals surface area contributed by atoms with Gasteiger partial charge in [0.05, 0.1) is 17.7 Å². The molecule has 0 heterocycles. The summed E-state index contributed by atoms with van der Waals surface area (Å²) >= 11 is 9.49. The zero-order chi connectivity index (χ0) is 14.0. The van der Waals surface area contributed by atoms with Crippen molar-refractivity contribution < 1.29 is 9.53 Å². The predicted octanol–water partition coefficient (Wildman–Crippen LogP) is 4.65. The second-order valence-corrected chi connectivity index (χ2v) is 5.37. The standard InChI is InChI=1S/C15H12BrClO2/c1-9-6-7-13(19-2)11(8-9)15(18)10-4-3-5-12(16)14(10)17/h3-8H,1-2H3. The minimum atomic E-state index is -0.146. The molecule has 0 fully saturated rings. The average molecular weight is 340 g/mol.